The van der Waals surface area contributed by atoms with E-state index >= 15 is 0 Å². The third-order valence-electron chi connectivity index (χ3n) is 4.04. The molecule has 3 rings (SSSR count). The lowest BCUT2D eigenvalue weighted by atomic mass is 9.98. The number of carboxylic acid groups (broad SMARTS) is 1. The predicted molar refractivity (Wildman–Crippen MR) is 131 cm³/mol. The van der Waals surface area contributed by atoms with Crippen LogP contribution < -0.4 is 4.74 Å². The van der Waals surface area contributed by atoms with E-state index in [4.69, 9.17) is 9.84 Å². The van der Waals surface area contributed by atoms with Crippen LogP contribution in [0.1, 0.15) is 11.1 Å². The van der Waals surface area contributed by atoms with Crippen LogP contribution in [-0.4, -0.2) is 23.4 Å². The van der Waals surface area contributed by atoms with Crippen molar-refractivity contribution < 1.29 is 14.6 Å². The molecule has 0 aliphatic carbocycles. The molecule has 0 aliphatic heterocycles. The first kappa shape index (κ1) is 21.9. The Morgan fingerprint density at radius 3 is 2.48 bits per heavy atom. The fourth-order valence-corrected chi connectivity index (χ4v) is 4.97. The molecule has 0 aliphatic rings. The molecule has 0 aromatic heterocycles. The minimum absolute atomic E-state index is 0.336. The number of thioether (sulfide) groups is 1. The van der Waals surface area contributed by atoms with E-state index in [0.717, 1.165) is 24.3 Å². The molecule has 3 nitrogen and oxygen atoms in total. The van der Waals surface area contributed by atoms with Crippen molar-refractivity contribution in [2.24, 2.45) is 0 Å². The third kappa shape index (κ3) is 6.35. The minimum atomic E-state index is -0.982. The Morgan fingerprint density at radius 1 is 1.07 bits per heavy atom. The Bertz CT molecular complexity index is 1020. The number of halogens is 2. The first-order valence-corrected chi connectivity index (χ1v) is 11.7. The quantitative estimate of drug-likeness (QED) is 0.237. The van der Waals surface area contributed by atoms with Gasteiger partial charge in [0.25, 0.3) is 0 Å². The van der Waals surface area contributed by atoms with Crippen molar-refractivity contribution in [1.82, 2.24) is 0 Å². The summed E-state index contributed by atoms with van der Waals surface area (Å²) in [5.74, 6) is 0.385. The molecule has 0 fully saturated rings. The van der Waals surface area contributed by atoms with Crippen molar-refractivity contribution in [3.05, 3.63) is 98.0 Å². The molecular formula is C23H18BrIO3S. The van der Waals surface area contributed by atoms with E-state index in [1.165, 1.54) is 11.1 Å². The van der Waals surface area contributed by atoms with Gasteiger partial charge in [-0.2, -0.15) is 0 Å². The van der Waals surface area contributed by atoms with Crippen LogP contribution >= 0.6 is 50.3 Å². The van der Waals surface area contributed by atoms with Gasteiger partial charge in [0, 0.05) is 18.7 Å². The van der Waals surface area contributed by atoms with Crippen molar-refractivity contribution in [2.75, 3.05) is 12.4 Å². The number of rotatable bonds is 8. The maximum absolute atomic E-state index is 10.6. The Morgan fingerprint density at radius 2 is 1.79 bits per heavy atom. The van der Waals surface area contributed by atoms with Gasteiger partial charge in [-0.25, -0.2) is 4.79 Å². The van der Waals surface area contributed by atoms with Gasteiger partial charge in [0.05, 0.1) is 0 Å². The second kappa shape index (κ2) is 10.8. The molecule has 148 valence electrons. The normalized spacial score (nSPS) is 11.3. The summed E-state index contributed by atoms with van der Waals surface area (Å²) in [5, 5.41) is 8.73. The highest BCUT2D eigenvalue weighted by Gasteiger charge is 2.09. The number of hydrogen-bond acceptors (Lipinski definition) is 3. The molecule has 0 saturated heterocycles. The molecule has 29 heavy (non-hydrogen) atoms. The third-order valence-corrected chi connectivity index (χ3v) is 6.99. The molecular weight excluding hydrogens is 563 g/mol. The van der Waals surface area contributed by atoms with Crippen LogP contribution in [0.15, 0.2) is 88.2 Å². The van der Waals surface area contributed by atoms with Gasteiger partial charge in [-0.05, 0) is 63.6 Å². The van der Waals surface area contributed by atoms with E-state index in [2.05, 4.69) is 68.9 Å². The maximum atomic E-state index is 10.6. The van der Waals surface area contributed by atoms with Crippen molar-refractivity contribution >= 4 is 61.8 Å². The summed E-state index contributed by atoms with van der Waals surface area (Å²) < 4.78 is 7.34. The zero-order valence-electron chi connectivity index (χ0n) is 15.3. The Labute approximate surface area is 196 Å². The molecule has 0 spiro atoms. The fraction of sp³-hybridized carbons (Fsp3) is 0.0870. The van der Waals surface area contributed by atoms with E-state index in [1.807, 2.05) is 48.5 Å². The van der Waals surface area contributed by atoms with Gasteiger partial charge in [0.2, 0.25) is 0 Å². The van der Waals surface area contributed by atoms with E-state index in [9.17, 15) is 4.79 Å². The largest absolute Gasteiger partial charge is 0.482 e. The SMILES string of the molecule is O=C(O)COc1ccc(SC/C=C(/c2ccccc2)c2ccccc2Br)c(I)c1. The highest BCUT2D eigenvalue weighted by atomic mass is 127. The van der Waals surface area contributed by atoms with Gasteiger partial charge in [0.15, 0.2) is 6.61 Å². The molecule has 1 N–H and O–H groups in total. The average molecular weight is 581 g/mol. The van der Waals surface area contributed by atoms with E-state index in [1.54, 1.807) is 11.8 Å². The molecule has 0 unspecified atom stereocenters. The van der Waals surface area contributed by atoms with E-state index in [0.29, 0.717) is 5.75 Å². The van der Waals surface area contributed by atoms with Gasteiger partial charge in [-0.1, -0.05) is 70.5 Å². The molecule has 0 amide bonds. The van der Waals surface area contributed by atoms with Gasteiger partial charge in [-0.15, -0.1) is 11.8 Å². The number of ether oxygens (including phenoxy) is 1. The predicted octanol–water partition coefficient (Wildman–Crippen LogP) is 6.74. The summed E-state index contributed by atoms with van der Waals surface area (Å²) in [7, 11) is 0. The smallest absolute Gasteiger partial charge is 0.341 e. The Kier molecular flexibility index (Phi) is 8.20. The summed E-state index contributed by atoms with van der Waals surface area (Å²) in [6.45, 7) is -0.336. The summed E-state index contributed by atoms with van der Waals surface area (Å²) in [4.78, 5) is 11.8. The molecule has 0 radical (unpaired) electrons. The lowest BCUT2D eigenvalue weighted by molar-refractivity contribution is -0.139. The van der Waals surface area contributed by atoms with Crippen molar-refractivity contribution in [1.29, 1.82) is 0 Å². The lowest BCUT2D eigenvalue weighted by Crippen LogP contribution is -2.09. The van der Waals surface area contributed by atoms with Crippen LogP contribution in [0.4, 0.5) is 0 Å². The molecule has 3 aromatic rings. The summed E-state index contributed by atoms with van der Waals surface area (Å²) >= 11 is 7.66. The number of hydrogen-bond donors (Lipinski definition) is 1. The number of carbonyl (C=O) groups is 1. The van der Waals surface area contributed by atoms with Gasteiger partial charge in [-0.3, -0.25) is 0 Å². The summed E-state index contributed by atoms with van der Waals surface area (Å²) in [5.41, 5.74) is 3.51. The van der Waals surface area contributed by atoms with Crippen LogP contribution in [0.3, 0.4) is 0 Å². The topological polar surface area (TPSA) is 46.5 Å². The molecule has 0 atom stereocenters. The van der Waals surface area contributed by atoms with Crippen LogP contribution in [-0.2, 0) is 4.79 Å². The fourth-order valence-electron chi connectivity index (χ4n) is 2.73. The minimum Gasteiger partial charge on any atom is -0.482 e. The van der Waals surface area contributed by atoms with Gasteiger partial charge >= 0.3 is 5.97 Å². The van der Waals surface area contributed by atoms with Gasteiger partial charge in [0.1, 0.15) is 5.75 Å². The van der Waals surface area contributed by atoms with Crippen LogP contribution in [0.2, 0.25) is 0 Å². The zero-order valence-corrected chi connectivity index (χ0v) is 19.9. The standard InChI is InChI=1S/C23H18BrIO3S/c24-20-9-5-4-8-19(20)18(16-6-2-1-3-7-16)12-13-29-22-11-10-17(14-21(22)25)28-15-23(26)27/h1-12,14H,13,15H2,(H,26,27)/b18-12-. The van der Waals surface area contributed by atoms with Crippen molar-refractivity contribution in [3.63, 3.8) is 0 Å². The Hall–Kier alpha value is -1.77. The summed E-state index contributed by atoms with van der Waals surface area (Å²) in [6.07, 6.45) is 2.24. The number of carboxylic acids is 1. The Balaban J connectivity index is 1.78. The molecule has 0 saturated carbocycles. The molecule has 0 heterocycles. The van der Waals surface area contributed by atoms with E-state index in [-0.39, 0.29) is 6.61 Å². The monoisotopic (exact) mass is 580 g/mol. The first-order valence-electron chi connectivity index (χ1n) is 8.82. The van der Waals surface area contributed by atoms with Gasteiger partial charge < -0.3 is 9.84 Å². The summed E-state index contributed by atoms with van der Waals surface area (Å²) in [6, 6.07) is 24.2. The second-order valence-corrected chi connectivity index (χ2v) is 9.13. The van der Waals surface area contributed by atoms with Crippen LogP contribution in [0, 0.1) is 3.57 Å². The highest BCUT2D eigenvalue weighted by Crippen LogP contribution is 2.32. The highest BCUT2D eigenvalue weighted by molar-refractivity contribution is 14.1. The van der Waals surface area contributed by atoms with Crippen molar-refractivity contribution in [2.45, 2.75) is 4.90 Å². The maximum Gasteiger partial charge on any atom is 0.341 e. The lowest BCUT2D eigenvalue weighted by Gasteiger charge is -2.11. The van der Waals surface area contributed by atoms with Crippen LogP contribution in [0.5, 0.6) is 5.75 Å². The molecule has 3 aromatic carbocycles. The molecule has 0 bridgehead atoms. The van der Waals surface area contributed by atoms with Crippen molar-refractivity contribution in [3.8, 4) is 5.75 Å². The van der Waals surface area contributed by atoms with E-state index < -0.39 is 5.97 Å². The zero-order chi connectivity index (χ0) is 20.6. The number of benzene rings is 3. The second-order valence-electron chi connectivity index (χ2n) is 6.05. The number of aliphatic carboxylic acids is 1. The first-order chi connectivity index (χ1) is 14.0. The molecule has 6 heteroatoms. The van der Waals surface area contributed by atoms with Crippen LogP contribution in [0.25, 0.3) is 5.57 Å². The average Bonchev–Trinajstić information content (AvgIpc) is 2.72.